The van der Waals surface area contributed by atoms with Gasteiger partial charge in [0, 0.05) is 12.1 Å². The molecule has 0 atom stereocenters. The van der Waals surface area contributed by atoms with Gasteiger partial charge in [-0.2, -0.15) is 0 Å². The van der Waals surface area contributed by atoms with Crippen molar-refractivity contribution in [2.75, 3.05) is 0 Å². The van der Waals surface area contributed by atoms with Crippen LogP contribution in [-0.4, -0.2) is 14.0 Å². The van der Waals surface area contributed by atoms with Crippen LogP contribution in [-0.2, 0) is 16.6 Å². The smallest absolute Gasteiger partial charge is 0.241 e. The Kier molecular flexibility index (Phi) is 4.53. The summed E-state index contributed by atoms with van der Waals surface area (Å²) in [6.07, 6.45) is 0.728. The molecule has 1 aromatic carbocycles. The molecule has 0 spiro atoms. The number of benzene rings is 1. The second-order valence-corrected chi connectivity index (χ2v) is 6.80. The Balaban J connectivity index is 3.14. The molecule has 0 amide bonds. The summed E-state index contributed by atoms with van der Waals surface area (Å²) in [5.74, 6) is 0. The maximum atomic E-state index is 12.3. The minimum atomic E-state index is -3.48. The monoisotopic (exact) mass is 270 g/mol. The van der Waals surface area contributed by atoms with Crippen molar-refractivity contribution in [2.24, 2.45) is 5.73 Å². The molecule has 1 aromatic rings. The van der Waals surface area contributed by atoms with Crippen LogP contribution in [0, 0.1) is 6.92 Å². The summed E-state index contributed by atoms with van der Waals surface area (Å²) in [6.45, 7) is 7.89. The molecule has 0 heterocycles. The first kappa shape index (κ1) is 15.1. The van der Waals surface area contributed by atoms with Crippen LogP contribution in [0.2, 0.25) is 0 Å². The van der Waals surface area contributed by atoms with E-state index in [0.29, 0.717) is 11.4 Å². The lowest BCUT2D eigenvalue weighted by Crippen LogP contribution is -2.42. The van der Waals surface area contributed by atoms with Crippen molar-refractivity contribution in [2.45, 2.75) is 51.1 Å². The van der Waals surface area contributed by atoms with Gasteiger partial charge in [-0.25, -0.2) is 13.1 Å². The van der Waals surface area contributed by atoms with E-state index in [9.17, 15) is 8.42 Å². The van der Waals surface area contributed by atoms with E-state index in [1.165, 1.54) is 0 Å². The maximum Gasteiger partial charge on any atom is 0.241 e. The summed E-state index contributed by atoms with van der Waals surface area (Å²) in [7, 11) is -3.48. The Morgan fingerprint density at radius 1 is 1.33 bits per heavy atom. The van der Waals surface area contributed by atoms with Gasteiger partial charge in [0.1, 0.15) is 0 Å². The number of rotatable bonds is 5. The Hall–Kier alpha value is -0.910. The Bertz CT molecular complexity index is 522. The number of hydrogen-bond acceptors (Lipinski definition) is 3. The van der Waals surface area contributed by atoms with Gasteiger partial charge in [-0.05, 0) is 44.4 Å². The van der Waals surface area contributed by atoms with Crippen LogP contribution in [0.5, 0.6) is 0 Å². The highest BCUT2D eigenvalue weighted by atomic mass is 32.2. The lowest BCUT2D eigenvalue weighted by atomic mass is 10.0. The van der Waals surface area contributed by atoms with E-state index in [1.807, 2.05) is 26.8 Å². The SMILES string of the molecule is CCC(C)(C)NS(=O)(=O)c1ccc(CN)cc1C. The fourth-order valence-electron chi connectivity index (χ4n) is 1.63. The van der Waals surface area contributed by atoms with Crippen molar-refractivity contribution in [1.29, 1.82) is 0 Å². The molecule has 0 aromatic heterocycles. The van der Waals surface area contributed by atoms with Crippen molar-refractivity contribution in [3.8, 4) is 0 Å². The van der Waals surface area contributed by atoms with E-state index in [0.717, 1.165) is 17.5 Å². The number of aryl methyl sites for hydroxylation is 1. The highest BCUT2D eigenvalue weighted by Crippen LogP contribution is 2.19. The molecule has 1 rings (SSSR count). The number of hydrogen-bond donors (Lipinski definition) is 2. The fraction of sp³-hybridized carbons (Fsp3) is 0.538. The Morgan fingerprint density at radius 2 is 1.94 bits per heavy atom. The zero-order valence-corrected chi connectivity index (χ0v) is 12.3. The first-order chi connectivity index (χ1) is 8.22. The van der Waals surface area contributed by atoms with Gasteiger partial charge in [0.15, 0.2) is 0 Å². The van der Waals surface area contributed by atoms with Gasteiger partial charge in [-0.15, -0.1) is 0 Å². The van der Waals surface area contributed by atoms with Crippen LogP contribution in [0.25, 0.3) is 0 Å². The van der Waals surface area contributed by atoms with Crippen LogP contribution in [0.3, 0.4) is 0 Å². The van der Waals surface area contributed by atoms with Crippen LogP contribution < -0.4 is 10.5 Å². The number of nitrogens with two attached hydrogens (primary N) is 1. The molecule has 0 aliphatic rings. The zero-order valence-electron chi connectivity index (χ0n) is 11.4. The van der Waals surface area contributed by atoms with Gasteiger partial charge >= 0.3 is 0 Å². The Labute approximate surface area is 110 Å². The minimum Gasteiger partial charge on any atom is -0.326 e. The van der Waals surface area contributed by atoms with Crippen molar-refractivity contribution in [3.63, 3.8) is 0 Å². The van der Waals surface area contributed by atoms with Crippen LogP contribution in [0.4, 0.5) is 0 Å². The molecule has 0 unspecified atom stereocenters. The molecule has 18 heavy (non-hydrogen) atoms. The van der Waals surface area contributed by atoms with E-state index >= 15 is 0 Å². The van der Waals surface area contributed by atoms with Gasteiger partial charge in [0.25, 0.3) is 0 Å². The largest absolute Gasteiger partial charge is 0.326 e. The standard InChI is InChI=1S/C13H22N2O2S/c1-5-13(3,4)15-18(16,17)12-7-6-11(9-14)8-10(12)2/h6-8,15H,5,9,14H2,1-4H3. The molecule has 4 nitrogen and oxygen atoms in total. The number of nitrogens with one attached hydrogen (secondary N) is 1. The third-order valence-corrected chi connectivity index (χ3v) is 4.92. The molecular formula is C13H22N2O2S. The molecule has 0 radical (unpaired) electrons. The summed E-state index contributed by atoms with van der Waals surface area (Å²) in [5.41, 5.74) is 6.74. The average molecular weight is 270 g/mol. The predicted octanol–water partition coefficient (Wildman–Crippen LogP) is 1.92. The fourth-order valence-corrected chi connectivity index (χ4v) is 3.34. The molecule has 3 N–H and O–H groups in total. The van der Waals surface area contributed by atoms with Crippen molar-refractivity contribution in [3.05, 3.63) is 29.3 Å². The summed E-state index contributed by atoms with van der Waals surface area (Å²) in [5, 5.41) is 0. The molecule has 0 saturated heterocycles. The zero-order chi connectivity index (χ0) is 14.0. The lowest BCUT2D eigenvalue weighted by Gasteiger charge is -2.24. The van der Waals surface area contributed by atoms with Crippen molar-refractivity contribution < 1.29 is 8.42 Å². The molecule has 0 aliphatic carbocycles. The van der Waals surface area contributed by atoms with Gasteiger partial charge in [0.05, 0.1) is 4.90 Å². The predicted molar refractivity (Wildman–Crippen MR) is 73.8 cm³/mol. The molecule has 102 valence electrons. The quantitative estimate of drug-likeness (QED) is 0.858. The molecule has 0 bridgehead atoms. The van der Waals surface area contributed by atoms with Gasteiger partial charge in [0.2, 0.25) is 10.0 Å². The molecule has 0 fully saturated rings. The third kappa shape index (κ3) is 3.54. The van der Waals surface area contributed by atoms with E-state index in [2.05, 4.69) is 4.72 Å². The normalized spacial score (nSPS) is 12.7. The van der Waals surface area contributed by atoms with Gasteiger partial charge < -0.3 is 5.73 Å². The first-order valence-corrected chi connectivity index (χ1v) is 7.54. The van der Waals surface area contributed by atoms with Gasteiger partial charge in [-0.1, -0.05) is 19.1 Å². The van der Waals surface area contributed by atoms with E-state index in [4.69, 9.17) is 5.73 Å². The van der Waals surface area contributed by atoms with Crippen molar-refractivity contribution >= 4 is 10.0 Å². The second kappa shape index (κ2) is 5.38. The average Bonchev–Trinajstić information content (AvgIpc) is 2.27. The van der Waals surface area contributed by atoms with Crippen LogP contribution in [0.1, 0.15) is 38.3 Å². The van der Waals surface area contributed by atoms with E-state index in [-0.39, 0.29) is 0 Å². The topological polar surface area (TPSA) is 72.2 Å². The second-order valence-electron chi connectivity index (χ2n) is 5.15. The molecule has 0 aliphatic heterocycles. The first-order valence-electron chi connectivity index (χ1n) is 6.05. The Morgan fingerprint density at radius 3 is 2.39 bits per heavy atom. The third-order valence-electron chi connectivity index (χ3n) is 3.06. The minimum absolute atomic E-state index is 0.321. The van der Waals surface area contributed by atoms with Crippen LogP contribution >= 0.6 is 0 Å². The van der Waals surface area contributed by atoms with Crippen LogP contribution in [0.15, 0.2) is 23.1 Å². The molecular weight excluding hydrogens is 248 g/mol. The summed E-state index contributed by atoms with van der Waals surface area (Å²) in [6, 6.07) is 5.18. The molecule has 0 saturated carbocycles. The van der Waals surface area contributed by atoms with E-state index < -0.39 is 15.6 Å². The van der Waals surface area contributed by atoms with Crippen molar-refractivity contribution in [1.82, 2.24) is 4.72 Å². The molecule has 5 heteroatoms. The lowest BCUT2D eigenvalue weighted by molar-refractivity contribution is 0.439. The maximum absolute atomic E-state index is 12.3. The van der Waals surface area contributed by atoms with Gasteiger partial charge in [-0.3, -0.25) is 0 Å². The van der Waals surface area contributed by atoms with E-state index in [1.54, 1.807) is 19.1 Å². The summed E-state index contributed by atoms with van der Waals surface area (Å²) < 4.78 is 27.3. The summed E-state index contributed by atoms with van der Waals surface area (Å²) in [4.78, 5) is 0.321. The number of sulfonamides is 1. The summed E-state index contributed by atoms with van der Waals surface area (Å²) >= 11 is 0. The highest BCUT2D eigenvalue weighted by molar-refractivity contribution is 7.89. The highest BCUT2D eigenvalue weighted by Gasteiger charge is 2.25.